The molecule has 4 nitrogen and oxygen atoms in total. The standard InChI is InChI=1S/C9H20N2O2/c1-4-8(6-12)11-7(3)9(13)10-5-2/h7-8,11-12H,4-6H2,1-3H3,(H,10,13). The Bertz CT molecular complexity index is 147. The highest BCUT2D eigenvalue weighted by Gasteiger charge is 2.14. The van der Waals surface area contributed by atoms with E-state index in [0.29, 0.717) is 6.54 Å². The van der Waals surface area contributed by atoms with Crippen LogP contribution in [0, 0.1) is 0 Å². The van der Waals surface area contributed by atoms with Gasteiger partial charge in [0.1, 0.15) is 0 Å². The number of aliphatic hydroxyl groups excluding tert-OH is 1. The fourth-order valence-electron chi connectivity index (χ4n) is 1.06. The van der Waals surface area contributed by atoms with E-state index < -0.39 is 0 Å². The Morgan fingerprint density at radius 1 is 1.46 bits per heavy atom. The molecule has 0 aromatic rings. The molecule has 2 unspecified atom stereocenters. The predicted molar refractivity (Wildman–Crippen MR) is 52.4 cm³/mol. The van der Waals surface area contributed by atoms with E-state index in [1.54, 1.807) is 6.92 Å². The Morgan fingerprint density at radius 3 is 2.46 bits per heavy atom. The molecule has 0 aromatic heterocycles. The van der Waals surface area contributed by atoms with Crippen molar-refractivity contribution in [3.63, 3.8) is 0 Å². The van der Waals surface area contributed by atoms with Crippen molar-refractivity contribution in [2.45, 2.75) is 39.3 Å². The highest BCUT2D eigenvalue weighted by Crippen LogP contribution is 1.92. The van der Waals surface area contributed by atoms with E-state index in [-0.39, 0.29) is 24.6 Å². The summed E-state index contributed by atoms with van der Waals surface area (Å²) in [4.78, 5) is 11.3. The maximum Gasteiger partial charge on any atom is 0.236 e. The molecule has 0 spiro atoms. The highest BCUT2D eigenvalue weighted by atomic mass is 16.3. The predicted octanol–water partition coefficient (Wildman–Crippen LogP) is -0.128. The van der Waals surface area contributed by atoms with Crippen molar-refractivity contribution in [2.75, 3.05) is 13.2 Å². The SMILES string of the molecule is CCNC(=O)C(C)NC(CC)CO. The first-order valence-corrected chi connectivity index (χ1v) is 4.80. The van der Waals surface area contributed by atoms with Gasteiger partial charge in [-0.15, -0.1) is 0 Å². The smallest absolute Gasteiger partial charge is 0.236 e. The molecule has 2 atom stereocenters. The number of hydrogen-bond donors (Lipinski definition) is 3. The van der Waals surface area contributed by atoms with Gasteiger partial charge >= 0.3 is 0 Å². The lowest BCUT2D eigenvalue weighted by atomic mass is 10.2. The zero-order valence-corrected chi connectivity index (χ0v) is 8.63. The van der Waals surface area contributed by atoms with Gasteiger partial charge in [-0.1, -0.05) is 6.92 Å². The molecule has 0 bridgehead atoms. The molecule has 13 heavy (non-hydrogen) atoms. The van der Waals surface area contributed by atoms with E-state index in [0.717, 1.165) is 6.42 Å². The minimum absolute atomic E-state index is 0.0117. The molecular formula is C9H20N2O2. The van der Waals surface area contributed by atoms with Crippen LogP contribution in [-0.4, -0.2) is 36.2 Å². The summed E-state index contributed by atoms with van der Waals surface area (Å²) in [6.07, 6.45) is 0.820. The first-order chi connectivity index (χ1) is 6.15. The Hall–Kier alpha value is -0.610. The average Bonchev–Trinajstić information content (AvgIpc) is 2.14. The molecule has 1 amide bonds. The van der Waals surface area contributed by atoms with Crippen molar-refractivity contribution in [2.24, 2.45) is 0 Å². The first-order valence-electron chi connectivity index (χ1n) is 4.80. The largest absolute Gasteiger partial charge is 0.395 e. The van der Waals surface area contributed by atoms with Gasteiger partial charge in [0.2, 0.25) is 5.91 Å². The minimum Gasteiger partial charge on any atom is -0.395 e. The Labute approximate surface area is 79.7 Å². The molecule has 0 aliphatic rings. The first kappa shape index (κ1) is 12.4. The number of nitrogens with one attached hydrogen (secondary N) is 2. The maximum atomic E-state index is 11.3. The summed E-state index contributed by atoms with van der Waals surface area (Å²) >= 11 is 0. The van der Waals surface area contributed by atoms with Crippen LogP contribution in [0.2, 0.25) is 0 Å². The second kappa shape index (κ2) is 6.86. The van der Waals surface area contributed by atoms with Crippen molar-refractivity contribution >= 4 is 5.91 Å². The second-order valence-electron chi connectivity index (χ2n) is 3.07. The maximum absolute atomic E-state index is 11.3. The molecule has 0 saturated carbocycles. The van der Waals surface area contributed by atoms with Crippen molar-refractivity contribution in [1.29, 1.82) is 0 Å². The van der Waals surface area contributed by atoms with Crippen LogP contribution < -0.4 is 10.6 Å². The lowest BCUT2D eigenvalue weighted by molar-refractivity contribution is -0.122. The molecule has 0 heterocycles. The van der Waals surface area contributed by atoms with Gasteiger partial charge in [0.05, 0.1) is 12.6 Å². The third-order valence-electron chi connectivity index (χ3n) is 1.94. The summed E-state index contributed by atoms with van der Waals surface area (Å²) in [5, 5.41) is 14.6. The molecule has 0 aliphatic carbocycles. The van der Waals surface area contributed by atoms with E-state index in [9.17, 15) is 4.79 Å². The highest BCUT2D eigenvalue weighted by molar-refractivity contribution is 5.81. The Kier molecular flexibility index (Phi) is 6.54. The third-order valence-corrected chi connectivity index (χ3v) is 1.94. The molecule has 0 aromatic carbocycles. The molecule has 4 heteroatoms. The van der Waals surface area contributed by atoms with Crippen LogP contribution in [0.4, 0.5) is 0 Å². The second-order valence-corrected chi connectivity index (χ2v) is 3.07. The van der Waals surface area contributed by atoms with Crippen molar-refractivity contribution in [3.05, 3.63) is 0 Å². The quantitative estimate of drug-likeness (QED) is 0.544. The van der Waals surface area contributed by atoms with Gasteiger partial charge in [-0.2, -0.15) is 0 Å². The number of likely N-dealkylation sites (N-methyl/N-ethyl adjacent to an activating group) is 1. The van der Waals surface area contributed by atoms with E-state index >= 15 is 0 Å². The van der Waals surface area contributed by atoms with E-state index in [2.05, 4.69) is 10.6 Å². The van der Waals surface area contributed by atoms with E-state index in [4.69, 9.17) is 5.11 Å². The van der Waals surface area contributed by atoms with Gasteiger partial charge in [0.25, 0.3) is 0 Å². The summed E-state index contributed by atoms with van der Waals surface area (Å²) in [6.45, 7) is 6.36. The van der Waals surface area contributed by atoms with Gasteiger partial charge in [-0.3, -0.25) is 4.79 Å². The van der Waals surface area contributed by atoms with Gasteiger partial charge < -0.3 is 15.7 Å². The van der Waals surface area contributed by atoms with E-state index in [1.807, 2.05) is 13.8 Å². The summed E-state index contributed by atoms with van der Waals surface area (Å²) in [6, 6.07) is -0.227. The van der Waals surface area contributed by atoms with Crippen LogP contribution in [0.3, 0.4) is 0 Å². The molecule has 0 aliphatic heterocycles. The van der Waals surface area contributed by atoms with Gasteiger partial charge in [-0.05, 0) is 20.3 Å². The monoisotopic (exact) mass is 188 g/mol. The topological polar surface area (TPSA) is 61.4 Å². The number of hydrogen-bond acceptors (Lipinski definition) is 3. The molecule has 0 fully saturated rings. The number of carbonyl (C=O) groups excluding carboxylic acids is 1. The molecule has 3 N–H and O–H groups in total. The van der Waals surface area contributed by atoms with Crippen LogP contribution in [0.5, 0.6) is 0 Å². The summed E-state index contributed by atoms with van der Waals surface area (Å²) in [5.74, 6) is -0.0191. The summed E-state index contributed by atoms with van der Waals surface area (Å²) < 4.78 is 0. The molecule has 0 rings (SSSR count). The zero-order chi connectivity index (χ0) is 10.3. The number of amides is 1. The molecule has 78 valence electrons. The normalized spacial score (nSPS) is 15.1. The third kappa shape index (κ3) is 4.85. The Morgan fingerprint density at radius 2 is 2.08 bits per heavy atom. The van der Waals surface area contributed by atoms with Crippen LogP contribution in [0.25, 0.3) is 0 Å². The summed E-state index contributed by atoms with van der Waals surface area (Å²) in [7, 11) is 0. The number of carbonyl (C=O) groups is 1. The van der Waals surface area contributed by atoms with Gasteiger partial charge in [-0.25, -0.2) is 0 Å². The minimum atomic E-state index is -0.239. The van der Waals surface area contributed by atoms with Crippen LogP contribution in [-0.2, 0) is 4.79 Å². The van der Waals surface area contributed by atoms with Crippen molar-refractivity contribution in [3.8, 4) is 0 Å². The van der Waals surface area contributed by atoms with Crippen LogP contribution in [0.1, 0.15) is 27.2 Å². The fraction of sp³-hybridized carbons (Fsp3) is 0.889. The van der Waals surface area contributed by atoms with Gasteiger partial charge in [0.15, 0.2) is 0 Å². The van der Waals surface area contributed by atoms with Gasteiger partial charge in [0, 0.05) is 12.6 Å². The van der Waals surface area contributed by atoms with E-state index in [1.165, 1.54) is 0 Å². The fourth-order valence-corrected chi connectivity index (χ4v) is 1.06. The molecule has 0 radical (unpaired) electrons. The Balaban J connectivity index is 3.82. The molecule has 0 saturated heterocycles. The number of aliphatic hydroxyl groups is 1. The van der Waals surface area contributed by atoms with Crippen molar-refractivity contribution in [1.82, 2.24) is 10.6 Å². The lowest BCUT2D eigenvalue weighted by Gasteiger charge is -2.19. The van der Waals surface area contributed by atoms with Crippen LogP contribution >= 0.6 is 0 Å². The molecular weight excluding hydrogens is 168 g/mol. The summed E-state index contributed by atoms with van der Waals surface area (Å²) in [5.41, 5.74) is 0. The van der Waals surface area contributed by atoms with Crippen LogP contribution in [0.15, 0.2) is 0 Å². The van der Waals surface area contributed by atoms with Crippen molar-refractivity contribution < 1.29 is 9.90 Å². The average molecular weight is 188 g/mol. The lowest BCUT2D eigenvalue weighted by Crippen LogP contribution is -2.47. The zero-order valence-electron chi connectivity index (χ0n) is 8.63. The number of rotatable bonds is 6.